The summed E-state index contributed by atoms with van der Waals surface area (Å²) in [5.74, 6) is -0.922. The van der Waals surface area contributed by atoms with Crippen molar-refractivity contribution in [1.82, 2.24) is 15.7 Å². The fourth-order valence-corrected chi connectivity index (χ4v) is 2.10. The highest BCUT2D eigenvalue weighted by Crippen LogP contribution is 2.23. The number of methoxy groups -OCH3 is 1. The van der Waals surface area contributed by atoms with Gasteiger partial charge in [0.25, 0.3) is 0 Å². The Balaban J connectivity index is 2.15. The van der Waals surface area contributed by atoms with Crippen LogP contribution in [0.15, 0.2) is 29.4 Å². The molecule has 0 aliphatic carbocycles. The standard InChI is InChI=1S/C16H17ClN4O3/c1-9(2)19-15(22)16(23)21-18-8-11-6-10-7-12(24-3)4-5-13(10)20-14(11)17/h4-9H,1-3H3,(H,19,22)(H,21,23)/b18-8-. The van der Waals surface area contributed by atoms with Crippen LogP contribution >= 0.6 is 11.6 Å². The molecule has 0 saturated carbocycles. The molecule has 8 heteroatoms. The molecule has 1 aromatic heterocycles. The zero-order chi connectivity index (χ0) is 17.7. The number of carbonyl (C=O) groups excluding carboxylic acids is 2. The second-order valence-corrected chi connectivity index (χ2v) is 5.61. The molecular weight excluding hydrogens is 332 g/mol. The number of ether oxygens (including phenoxy) is 1. The maximum Gasteiger partial charge on any atom is 0.329 e. The second kappa shape index (κ2) is 7.74. The molecule has 2 aromatic rings. The molecule has 0 saturated heterocycles. The van der Waals surface area contributed by atoms with Gasteiger partial charge in [-0.25, -0.2) is 10.4 Å². The van der Waals surface area contributed by atoms with Crippen molar-refractivity contribution in [1.29, 1.82) is 0 Å². The highest BCUT2D eigenvalue weighted by molar-refractivity contribution is 6.35. The average molecular weight is 349 g/mol. The smallest absolute Gasteiger partial charge is 0.329 e. The Hall–Kier alpha value is -2.67. The van der Waals surface area contributed by atoms with Gasteiger partial charge in [0.2, 0.25) is 0 Å². The number of carbonyl (C=O) groups is 2. The predicted octanol–water partition coefficient (Wildman–Crippen LogP) is 1.87. The molecular formula is C16H17ClN4O3. The van der Waals surface area contributed by atoms with Crippen molar-refractivity contribution >= 4 is 40.5 Å². The van der Waals surface area contributed by atoms with E-state index in [0.29, 0.717) is 16.8 Å². The summed E-state index contributed by atoms with van der Waals surface area (Å²) in [5.41, 5.74) is 3.35. The van der Waals surface area contributed by atoms with Crippen molar-refractivity contribution in [2.45, 2.75) is 19.9 Å². The molecule has 2 N–H and O–H groups in total. The van der Waals surface area contributed by atoms with E-state index in [4.69, 9.17) is 16.3 Å². The number of amides is 2. The quantitative estimate of drug-likeness (QED) is 0.382. The molecule has 0 unspecified atom stereocenters. The average Bonchev–Trinajstić information content (AvgIpc) is 2.54. The predicted molar refractivity (Wildman–Crippen MR) is 92.3 cm³/mol. The van der Waals surface area contributed by atoms with E-state index in [1.165, 1.54) is 6.21 Å². The fourth-order valence-electron chi connectivity index (χ4n) is 1.90. The van der Waals surface area contributed by atoms with Crippen LogP contribution in [0.25, 0.3) is 10.9 Å². The minimum atomic E-state index is -0.855. The zero-order valence-corrected chi connectivity index (χ0v) is 14.2. The van der Waals surface area contributed by atoms with Gasteiger partial charge in [-0.05, 0) is 38.1 Å². The summed E-state index contributed by atoms with van der Waals surface area (Å²) in [5, 5.41) is 7.24. The van der Waals surface area contributed by atoms with E-state index in [1.54, 1.807) is 39.2 Å². The van der Waals surface area contributed by atoms with Gasteiger partial charge >= 0.3 is 11.8 Å². The molecule has 0 bridgehead atoms. The van der Waals surface area contributed by atoms with Gasteiger partial charge in [-0.1, -0.05) is 11.6 Å². The largest absolute Gasteiger partial charge is 0.497 e. The number of aromatic nitrogens is 1. The third kappa shape index (κ3) is 4.42. The summed E-state index contributed by atoms with van der Waals surface area (Å²) in [7, 11) is 1.57. The van der Waals surface area contributed by atoms with E-state index in [1.807, 2.05) is 6.07 Å². The normalized spacial score (nSPS) is 11.0. The van der Waals surface area contributed by atoms with Crippen molar-refractivity contribution in [3.05, 3.63) is 35.0 Å². The lowest BCUT2D eigenvalue weighted by Gasteiger charge is -2.06. The topological polar surface area (TPSA) is 92.7 Å². The summed E-state index contributed by atoms with van der Waals surface area (Å²) < 4.78 is 5.17. The Morgan fingerprint density at radius 2 is 2.04 bits per heavy atom. The summed E-state index contributed by atoms with van der Waals surface area (Å²) >= 11 is 6.10. The van der Waals surface area contributed by atoms with E-state index in [-0.39, 0.29) is 11.2 Å². The third-order valence-corrected chi connectivity index (χ3v) is 3.30. The van der Waals surface area contributed by atoms with E-state index in [0.717, 1.165) is 5.39 Å². The number of nitrogens with one attached hydrogen (secondary N) is 2. The number of pyridine rings is 1. The van der Waals surface area contributed by atoms with Crippen LogP contribution in [0, 0.1) is 0 Å². The van der Waals surface area contributed by atoms with Gasteiger partial charge in [0.1, 0.15) is 10.9 Å². The highest BCUT2D eigenvalue weighted by Gasteiger charge is 2.13. The maximum atomic E-state index is 11.5. The third-order valence-electron chi connectivity index (χ3n) is 3.00. The van der Waals surface area contributed by atoms with Crippen molar-refractivity contribution in [2.75, 3.05) is 7.11 Å². The Morgan fingerprint density at radius 3 is 2.71 bits per heavy atom. The first kappa shape index (κ1) is 17.7. The first-order valence-electron chi connectivity index (χ1n) is 7.19. The van der Waals surface area contributed by atoms with Gasteiger partial charge in [0.15, 0.2) is 0 Å². The second-order valence-electron chi connectivity index (χ2n) is 5.25. The summed E-state index contributed by atoms with van der Waals surface area (Å²) in [6, 6.07) is 7.01. The number of rotatable bonds is 4. The van der Waals surface area contributed by atoms with Crippen LogP contribution < -0.4 is 15.5 Å². The van der Waals surface area contributed by atoms with E-state index < -0.39 is 11.8 Å². The molecule has 1 aromatic carbocycles. The van der Waals surface area contributed by atoms with Gasteiger partial charge < -0.3 is 10.1 Å². The van der Waals surface area contributed by atoms with Crippen LogP contribution in [-0.4, -0.2) is 36.2 Å². The van der Waals surface area contributed by atoms with Crippen LogP contribution in [0.3, 0.4) is 0 Å². The van der Waals surface area contributed by atoms with Crippen LogP contribution in [0.1, 0.15) is 19.4 Å². The summed E-state index contributed by atoms with van der Waals surface area (Å²) in [6.45, 7) is 3.51. The molecule has 2 amide bonds. The maximum absolute atomic E-state index is 11.5. The first-order valence-corrected chi connectivity index (χ1v) is 7.56. The number of benzene rings is 1. The van der Waals surface area contributed by atoms with Gasteiger partial charge in [-0.15, -0.1) is 0 Å². The molecule has 0 fully saturated rings. The van der Waals surface area contributed by atoms with Crippen LogP contribution in [0.4, 0.5) is 0 Å². The number of hydrogen-bond acceptors (Lipinski definition) is 5. The van der Waals surface area contributed by atoms with Crippen molar-refractivity contribution in [3.8, 4) is 5.75 Å². The minimum Gasteiger partial charge on any atom is -0.497 e. The molecule has 0 spiro atoms. The van der Waals surface area contributed by atoms with Crippen LogP contribution in [0.5, 0.6) is 5.75 Å². The molecule has 1 heterocycles. The molecule has 0 atom stereocenters. The number of halogens is 1. The molecule has 0 radical (unpaired) electrons. The van der Waals surface area contributed by atoms with Gasteiger partial charge in [-0.2, -0.15) is 5.10 Å². The number of nitrogens with zero attached hydrogens (tertiary/aromatic N) is 2. The van der Waals surface area contributed by atoms with Gasteiger partial charge in [0, 0.05) is 17.0 Å². The van der Waals surface area contributed by atoms with Gasteiger partial charge in [-0.3, -0.25) is 9.59 Å². The zero-order valence-electron chi connectivity index (χ0n) is 13.5. The van der Waals surface area contributed by atoms with Crippen molar-refractivity contribution < 1.29 is 14.3 Å². The molecule has 126 valence electrons. The minimum absolute atomic E-state index is 0.138. The van der Waals surface area contributed by atoms with E-state index >= 15 is 0 Å². The number of fused-ring (bicyclic) bond motifs is 1. The Morgan fingerprint density at radius 1 is 1.29 bits per heavy atom. The lowest BCUT2D eigenvalue weighted by molar-refractivity contribution is -0.139. The Bertz CT molecular complexity index is 805. The molecule has 24 heavy (non-hydrogen) atoms. The lowest BCUT2D eigenvalue weighted by Crippen LogP contribution is -2.41. The summed E-state index contributed by atoms with van der Waals surface area (Å²) in [4.78, 5) is 27.3. The number of hydrogen-bond donors (Lipinski definition) is 2. The fraction of sp³-hybridized carbons (Fsp3) is 0.250. The molecule has 0 aliphatic rings. The first-order chi connectivity index (χ1) is 11.4. The summed E-state index contributed by atoms with van der Waals surface area (Å²) in [6.07, 6.45) is 1.33. The van der Waals surface area contributed by atoms with Gasteiger partial charge in [0.05, 0.1) is 18.8 Å². The number of hydrazone groups is 1. The highest BCUT2D eigenvalue weighted by atomic mass is 35.5. The van der Waals surface area contributed by atoms with Crippen LogP contribution in [-0.2, 0) is 9.59 Å². The monoisotopic (exact) mass is 348 g/mol. The Kier molecular flexibility index (Phi) is 5.70. The van der Waals surface area contributed by atoms with Crippen molar-refractivity contribution in [2.24, 2.45) is 5.10 Å². The SMILES string of the molecule is COc1ccc2nc(Cl)c(/C=N\NC(=O)C(=O)NC(C)C)cc2c1. The molecule has 2 rings (SSSR count). The lowest BCUT2D eigenvalue weighted by atomic mass is 10.1. The van der Waals surface area contributed by atoms with Crippen LogP contribution in [0.2, 0.25) is 5.15 Å². The van der Waals surface area contributed by atoms with E-state index in [2.05, 4.69) is 20.8 Å². The van der Waals surface area contributed by atoms with E-state index in [9.17, 15) is 9.59 Å². The molecule has 0 aliphatic heterocycles. The Labute approximate surface area is 144 Å². The van der Waals surface area contributed by atoms with Crippen molar-refractivity contribution in [3.63, 3.8) is 0 Å². The molecule has 7 nitrogen and oxygen atoms in total.